The first-order valence-electron chi connectivity index (χ1n) is 19.5. The predicted octanol–water partition coefficient (Wildman–Crippen LogP) is 0.319. The van der Waals surface area contributed by atoms with Crippen molar-refractivity contribution in [3.8, 4) is 5.75 Å². The lowest BCUT2D eigenvalue weighted by molar-refractivity contribution is -0.134. The molecule has 2 aliphatic rings. The third-order valence-electron chi connectivity index (χ3n) is 10.4. The summed E-state index contributed by atoms with van der Waals surface area (Å²) >= 11 is 0.984. The number of rotatable bonds is 6. The molecule has 322 valence electrons. The van der Waals surface area contributed by atoms with Crippen molar-refractivity contribution in [2.45, 2.75) is 62.8 Å². The Balaban J connectivity index is 1.35. The Bertz CT molecular complexity index is 2360. The summed E-state index contributed by atoms with van der Waals surface area (Å²) in [6.45, 7) is 5.72. The molecule has 0 saturated carbocycles. The number of aromatic amines is 1. The first-order valence-corrected chi connectivity index (χ1v) is 20.3. The molecule has 6 rings (SSSR count). The van der Waals surface area contributed by atoms with Crippen LogP contribution in [-0.4, -0.2) is 119 Å². The third kappa shape index (κ3) is 10.2. The van der Waals surface area contributed by atoms with Gasteiger partial charge in [0.25, 0.3) is 11.8 Å². The van der Waals surface area contributed by atoms with E-state index in [-0.39, 0.29) is 35.2 Å². The van der Waals surface area contributed by atoms with Crippen LogP contribution in [0.15, 0.2) is 66.3 Å². The zero-order valence-electron chi connectivity index (χ0n) is 33.9. The van der Waals surface area contributed by atoms with Gasteiger partial charge in [-0.3, -0.25) is 33.6 Å². The minimum Gasteiger partial charge on any atom is -0.496 e. The number of aliphatic hydroxyl groups excluding tert-OH is 1. The summed E-state index contributed by atoms with van der Waals surface area (Å²) in [6, 6.07) is 6.95. The van der Waals surface area contributed by atoms with Gasteiger partial charge < -0.3 is 56.9 Å². The molecule has 20 heteroatoms. The van der Waals surface area contributed by atoms with E-state index in [1.54, 1.807) is 18.3 Å². The van der Waals surface area contributed by atoms with Crippen LogP contribution in [0, 0.1) is 0 Å². The molecule has 2 unspecified atom stereocenters. The number of para-hydroxylation sites is 1. The number of likely N-dealkylation sites (N-methyl/N-ethyl adjacent to an activating group) is 1. The van der Waals surface area contributed by atoms with E-state index < -0.39 is 84.7 Å². The van der Waals surface area contributed by atoms with Gasteiger partial charge in [-0.2, -0.15) is 0 Å². The van der Waals surface area contributed by atoms with Gasteiger partial charge >= 0.3 is 0 Å². The highest BCUT2D eigenvalue weighted by Gasteiger charge is 2.34. The van der Waals surface area contributed by atoms with Crippen molar-refractivity contribution in [3.05, 3.63) is 88.1 Å². The van der Waals surface area contributed by atoms with Crippen molar-refractivity contribution in [1.82, 2.24) is 46.8 Å². The lowest BCUT2D eigenvalue weighted by Crippen LogP contribution is -2.58. The lowest BCUT2D eigenvalue weighted by atomic mass is 9.93. The molecule has 2 aromatic carbocycles. The normalized spacial score (nSPS) is 23.7. The molecule has 0 fully saturated rings. The van der Waals surface area contributed by atoms with Crippen LogP contribution in [0.2, 0.25) is 0 Å². The summed E-state index contributed by atoms with van der Waals surface area (Å²) in [6.07, 6.45) is 1.72. The number of methoxy groups -OCH3 is 1. The fourth-order valence-electron chi connectivity index (χ4n) is 7.16. The Kier molecular flexibility index (Phi) is 13.7. The van der Waals surface area contributed by atoms with E-state index in [1.165, 1.54) is 33.4 Å². The second-order valence-electron chi connectivity index (χ2n) is 14.9. The summed E-state index contributed by atoms with van der Waals surface area (Å²) in [5.74, 6) is -4.93. The number of fused-ring (bicyclic) bond motifs is 4. The van der Waals surface area contributed by atoms with E-state index in [2.05, 4.69) is 53.8 Å². The van der Waals surface area contributed by atoms with Crippen LogP contribution in [0.5, 0.6) is 5.75 Å². The fraction of sp³-hybridized carbons (Fsp3) is 0.366. The molecular formula is C41H48N10O9S. The number of benzene rings is 2. The molecule has 0 aliphatic carbocycles. The van der Waals surface area contributed by atoms with Crippen molar-refractivity contribution in [2.24, 2.45) is 0 Å². The van der Waals surface area contributed by atoms with Crippen molar-refractivity contribution in [1.29, 1.82) is 0 Å². The molecular weight excluding hydrogens is 809 g/mol. The molecule has 0 radical (unpaired) electrons. The Labute approximate surface area is 354 Å². The number of aliphatic hydroxyl groups is 1. The Morgan fingerprint density at radius 3 is 2.34 bits per heavy atom. The zero-order chi connectivity index (χ0) is 44.0. The second kappa shape index (κ2) is 19.1. The summed E-state index contributed by atoms with van der Waals surface area (Å²) in [7, 11) is 2.81. The van der Waals surface area contributed by atoms with Crippen molar-refractivity contribution < 1.29 is 43.4 Å². The highest BCUT2D eigenvalue weighted by Crippen LogP contribution is 2.34. The summed E-state index contributed by atoms with van der Waals surface area (Å²) in [5, 5.41) is 31.5. The summed E-state index contributed by atoms with van der Waals surface area (Å²) < 4.78 is 5.60. The SMILES string of the molecule is C=C1NC(=O)[C@@H](C)NC(=O)[C@H](C)NC(=O)[C@H](Cc2c[nH]c3cccc(OC)c23)NC(=O)[C@H](CC2CNc3ccccc32)NC(=O)c2csc(n2)C(CO)NC(=O)CN(C)C1=O. The number of carbonyl (C=O) groups is 7. The van der Waals surface area contributed by atoms with Gasteiger partial charge in [0.1, 0.15) is 46.7 Å². The van der Waals surface area contributed by atoms with Crippen molar-refractivity contribution in [2.75, 3.05) is 39.2 Å². The number of anilines is 1. The molecule has 61 heavy (non-hydrogen) atoms. The van der Waals surface area contributed by atoms with Gasteiger partial charge in [-0.1, -0.05) is 30.8 Å². The largest absolute Gasteiger partial charge is 0.496 e. The Hall–Kier alpha value is -6.80. The average Bonchev–Trinajstić information content (AvgIpc) is 4.01. The smallest absolute Gasteiger partial charge is 0.271 e. The highest BCUT2D eigenvalue weighted by atomic mass is 32.1. The maximum absolute atomic E-state index is 14.5. The monoisotopic (exact) mass is 856 g/mol. The van der Waals surface area contributed by atoms with Crippen LogP contribution in [-0.2, 0) is 35.2 Å². The topological polar surface area (TPSA) is 265 Å². The van der Waals surface area contributed by atoms with Crippen molar-refractivity contribution in [3.63, 3.8) is 0 Å². The predicted molar refractivity (Wildman–Crippen MR) is 224 cm³/mol. The summed E-state index contributed by atoms with van der Waals surface area (Å²) in [4.78, 5) is 104. The zero-order valence-corrected chi connectivity index (χ0v) is 34.7. The van der Waals surface area contributed by atoms with Gasteiger partial charge in [-0.05, 0) is 49.6 Å². The minimum absolute atomic E-state index is 0.0755. The standard InChI is InChI=1S/C41H48N10O9S/c1-20-36(55)46-22(3)41(59)51(4)17-33(53)47-30(18-52)40-50-31(19-61-40)39(58)49-28(13-23-15-42-26-10-7-6-9-25(23)26)38(57)48-29(37(56)45-21(2)35(54)44-20)14-24-16-43-27-11-8-12-32(60-5)34(24)27/h6-12,16,19-21,23,28-30,42-43,52H,3,13-15,17-18H2,1-2,4-5H3,(H,44,54)(H,45,56)(H,46,55)(H,47,53)(H,48,57)(H,49,58)/t20-,21+,23?,28+,29+,30?/m1/s1. The fourth-order valence-corrected chi connectivity index (χ4v) is 8.00. The van der Waals surface area contributed by atoms with Crippen LogP contribution in [0.1, 0.15) is 58.9 Å². The summed E-state index contributed by atoms with van der Waals surface area (Å²) in [5.41, 5.74) is 2.66. The number of H-pyrrole nitrogens is 1. The van der Waals surface area contributed by atoms with E-state index in [0.717, 1.165) is 27.5 Å². The molecule has 2 aromatic heterocycles. The van der Waals surface area contributed by atoms with Crippen LogP contribution < -0.4 is 42.0 Å². The van der Waals surface area contributed by atoms with E-state index in [0.29, 0.717) is 28.8 Å². The quantitative estimate of drug-likeness (QED) is 0.119. The number of nitrogens with zero attached hydrogens (tertiary/aromatic N) is 2. The van der Waals surface area contributed by atoms with Crippen molar-refractivity contribution >= 4 is 69.3 Å². The van der Waals surface area contributed by atoms with Gasteiger partial charge in [0.05, 0.1) is 26.0 Å². The average molecular weight is 857 g/mol. The molecule has 19 nitrogen and oxygen atoms in total. The van der Waals surface area contributed by atoms with Gasteiger partial charge in [-0.15, -0.1) is 11.3 Å². The molecule has 2 aliphatic heterocycles. The van der Waals surface area contributed by atoms with E-state index in [4.69, 9.17) is 4.74 Å². The van der Waals surface area contributed by atoms with E-state index in [9.17, 15) is 38.7 Å². The molecule has 9 N–H and O–H groups in total. The molecule has 4 heterocycles. The van der Waals surface area contributed by atoms with E-state index >= 15 is 0 Å². The lowest BCUT2D eigenvalue weighted by Gasteiger charge is -2.26. The second-order valence-corrected chi connectivity index (χ2v) is 15.7. The van der Waals surface area contributed by atoms with Crippen LogP contribution in [0.4, 0.5) is 5.69 Å². The number of hydrogen-bond donors (Lipinski definition) is 9. The first-order chi connectivity index (χ1) is 29.2. The molecule has 0 saturated heterocycles. The molecule has 7 amide bonds. The molecule has 6 atom stereocenters. The third-order valence-corrected chi connectivity index (χ3v) is 11.4. The number of amides is 7. The van der Waals surface area contributed by atoms with Gasteiger partial charge in [-0.25, -0.2) is 4.98 Å². The van der Waals surface area contributed by atoms with Gasteiger partial charge in [0.15, 0.2) is 0 Å². The maximum atomic E-state index is 14.5. The number of thiazole rings is 1. The molecule has 4 aromatic rings. The maximum Gasteiger partial charge on any atom is 0.271 e. The molecule has 0 spiro atoms. The number of ether oxygens (including phenoxy) is 1. The van der Waals surface area contributed by atoms with Crippen LogP contribution in [0.25, 0.3) is 10.9 Å². The van der Waals surface area contributed by atoms with Gasteiger partial charge in [0, 0.05) is 54.1 Å². The number of nitrogens with one attached hydrogen (secondary N) is 8. The number of aromatic nitrogens is 2. The minimum atomic E-state index is -1.31. The van der Waals surface area contributed by atoms with Crippen LogP contribution in [0.3, 0.4) is 0 Å². The number of carbonyl (C=O) groups excluding carboxylic acids is 7. The number of hydrogen-bond acceptors (Lipinski definition) is 12. The first kappa shape index (κ1) is 43.8. The highest BCUT2D eigenvalue weighted by molar-refractivity contribution is 7.10. The molecule has 2 bridgehead atoms. The Morgan fingerprint density at radius 1 is 0.869 bits per heavy atom. The van der Waals surface area contributed by atoms with Gasteiger partial charge in [0.2, 0.25) is 29.5 Å². The van der Waals surface area contributed by atoms with E-state index in [1.807, 2.05) is 30.3 Å². The van der Waals surface area contributed by atoms with Crippen LogP contribution >= 0.6 is 11.3 Å². The Morgan fingerprint density at radius 2 is 1.59 bits per heavy atom.